The number of benzene rings is 1. The van der Waals surface area contributed by atoms with E-state index in [0.717, 1.165) is 48.9 Å². The highest BCUT2D eigenvalue weighted by molar-refractivity contribution is 6.30. The molecule has 0 unspecified atom stereocenters. The molecule has 0 bridgehead atoms. The molecule has 1 amide bonds. The summed E-state index contributed by atoms with van der Waals surface area (Å²) in [7, 11) is 0. The SMILES string of the molecule is C=C(C)CCc1nc(CCC[C@@H](CCC(=C)/C=C\C)C(=O)N(CC(C)(C)C)c2ccc(Cl)cc2)no1. The molecule has 0 saturated heterocycles. The van der Waals surface area contributed by atoms with Crippen molar-refractivity contribution in [1.29, 1.82) is 0 Å². The summed E-state index contributed by atoms with van der Waals surface area (Å²) in [5.74, 6) is 1.33. The zero-order valence-corrected chi connectivity index (χ0v) is 23.4. The Balaban J connectivity index is 2.16. The highest BCUT2D eigenvalue weighted by Gasteiger charge is 2.28. The van der Waals surface area contributed by atoms with Crippen LogP contribution in [-0.4, -0.2) is 22.6 Å². The number of halogens is 1. The van der Waals surface area contributed by atoms with E-state index in [1.807, 2.05) is 55.2 Å². The number of nitrogens with zero attached hydrogens (tertiary/aromatic N) is 3. The van der Waals surface area contributed by atoms with Gasteiger partial charge in [0.25, 0.3) is 0 Å². The normalized spacial score (nSPS) is 12.6. The summed E-state index contributed by atoms with van der Waals surface area (Å²) in [4.78, 5) is 20.4. The highest BCUT2D eigenvalue weighted by atomic mass is 35.5. The van der Waals surface area contributed by atoms with Gasteiger partial charge >= 0.3 is 0 Å². The number of hydrogen-bond donors (Lipinski definition) is 0. The first-order chi connectivity index (χ1) is 17.0. The van der Waals surface area contributed by atoms with E-state index < -0.39 is 0 Å². The van der Waals surface area contributed by atoms with E-state index in [1.54, 1.807) is 0 Å². The summed E-state index contributed by atoms with van der Waals surface area (Å²) in [5.41, 5.74) is 2.94. The van der Waals surface area contributed by atoms with Gasteiger partial charge in [0.2, 0.25) is 11.8 Å². The number of rotatable bonds is 14. The van der Waals surface area contributed by atoms with E-state index in [4.69, 9.17) is 16.1 Å². The minimum atomic E-state index is -0.139. The lowest BCUT2D eigenvalue weighted by Crippen LogP contribution is -2.41. The number of anilines is 1. The molecular formula is C30H42ClN3O2. The molecule has 6 heteroatoms. The number of amides is 1. The smallest absolute Gasteiger partial charge is 0.230 e. The average Bonchev–Trinajstić information content (AvgIpc) is 3.26. The molecule has 0 aliphatic rings. The zero-order chi connectivity index (χ0) is 26.7. The maximum absolute atomic E-state index is 14.0. The first kappa shape index (κ1) is 29.6. The summed E-state index contributed by atoms with van der Waals surface area (Å²) in [6.45, 7) is 19.1. The number of carbonyl (C=O) groups is 1. The van der Waals surface area contributed by atoms with Crippen molar-refractivity contribution < 1.29 is 9.32 Å². The van der Waals surface area contributed by atoms with E-state index in [9.17, 15) is 4.79 Å². The van der Waals surface area contributed by atoms with Gasteiger partial charge in [-0.05, 0) is 75.6 Å². The second kappa shape index (κ2) is 14.2. The Kier molecular flexibility index (Phi) is 11.6. The Hall–Kier alpha value is -2.66. The Bertz CT molecular complexity index is 1030. The number of hydrogen-bond acceptors (Lipinski definition) is 4. The fourth-order valence-electron chi connectivity index (χ4n) is 4.00. The van der Waals surface area contributed by atoms with Crippen LogP contribution >= 0.6 is 11.6 Å². The molecule has 1 aromatic heterocycles. The van der Waals surface area contributed by atoms with E-state index >= 15 is 0 Å². The van der Waals surface area contributed by atoms with Crippen molar-refractivity contribution in [2.24, 2.45) is 11.3 Å². The predicted molar refractivity (Wildman–Crippen MR) is 150 cm³/mol. The molecule has 0 N–H and O–H groups in total. The molecule has 1 heterocycles. The van der Waals surface area contributed by atoms with Gasteiger partial charge in [0.1, 0.15) is 0 Å². The van der Waals surface area contributed by atoms with Crippen LogP contribution in [0.15, 0.2) is 65.2 Å². The van der Waals surface area contributed by atoms with Crippen LogP contribution in [0.1, 0.15) is 78.4 Å². The lowest BCUT2D eigenvalue weighted by molar-refractivity contribution is -0.123. The van der Waals surface area contributed by atoms with Gasteiger partial charge in [0, 0.05) is 36.0 Å². The lowest BCUT2D eigenvalue weighted by atomic mass is 9.90. The highest BCUT2D eigenvalue weighted by Crippen LogP contribution is 2.28. The number of carbonyl (C=O) groups excluding carboxylic acids is 1. The zero-order valence-electron chi connectivity index (χ0n) is 22.6. The largest absolute Gasteiger partial charge is 0.339 e. The molecule has 1 atom stereocenters. The van der Waals surface area contributed by atoms with Crippen molar-refractivity contribution >= 4 is 23.2 Å². The van der Waals surface area contributed by atoms with E-state index in [2.05, 4.69) is 44.1 Å². The van der Waals surface area contributed by atoms with Crippen molar-refractivity contribution in [1.82, 2.24) is 10.1 Å². The maximum atomic E-state index is 14.0. The van der Waals surface area contributed by atoms with Gasteiger partial charge in [-0.15, -0.1) is 6.58 Å². The topological polar surface area (TPSA) is 59.2 Å². The quantitative estimate of drug-likeness (QED) is 0.189. The number of aromatic nitrogens is 2. The molecule has 2 aromatic rings. The molecule has 0 radical (unpaired) electrons. The minimum absolute atomic E-state index is 0.0563. The van der Waals surface area contributed by atoms with Crippen LogP contribution < -0.4 is 4.90 Å². The summed E-state index contributed by atoms with van der Waals surface area (Å²) < 4.78 is 5.38. The van der Waals surface area contributed by atoms with Gasteiger partial charge in [-0.2, -0.15) is 4.98 Å². The van der Waals surface area contributed by atoms with E-state index in [1.165, 1.54) is 0 Å². The third kappa shape index (κ3) is 10.5. The van der Waals surface area contributed by atoms with Gasteiger partial charge in [-0.25, -0.2) is 0 Å². The van der Waals surface area contributed by atoms with Crippen LogP contribution in [0.4, 0.5) is 5.69 Å². The summed E-state index contributed by atoms with van der Waals surface area (Å²) in [5, 5.41) is 4.78. The molecule has 0 spiro atoms. The monoisotopic (exact) mass is 511 g/mol. The maximum Gasteiger partial charge on any atom is 0.230 e. The molecule has 1 aromatic carbocycles. The number of aryl methyl sites for hydroxylation is 2. The van der Waals surface area contributed by atoms with Crippen LogP contribution in [-0.2, 0) is 17.6 Å². The van der Waals surface area contributed by atoms with Crippen molar-refractivity contribution in [2.75, 3.05) is 11.4 Å². The van der Waals surface area contributed by atoms with Crippen molar-refractivity contribution in [3.05, 3.63) is 77.5 Å². The predicted octanol–water partition coefficient (Wildman–Crippen LogP) is 8.16. The van der Waals surface area contributed by atoms with Crippen LogP contribution in [0.3, 0.4) is 0 Å². The molecule has 5 nitrogen and oxygen atoms in total. The molecule has 0 aliphatic carbocycles. The lowest BCUT2D eigenvalue weighted by Gasteiger charge is -2.33. The second-order valence-corrected chi connectivity index (χ2v) is 11.2. The van der Waals surface area contributed by atoms with E-state index in [0.29, 0.717) is 36.1 Å². The first-order valence-electron chi connectivity index (χ1n) is 12.8. The molecular weight excluding hydrogens is 470 g/mol. The Morgan fingerprint density at radius 1 is 1.14 bits per heavy atom. The standard InChI is InChI=1S/C30H42ClN3O2/c1-8-10-23(4)14-15-24(11-9-12-27-32-28(36-33-27)20-13-22(2)3)29(35)34(21-30(5,6)7)26-18-16-25(31)17-19-26/h8,10,16-19,24H,2,4,9,11-15,20-21H2,1,3,5-7H3/b10-8-/t24-/m0/s1. The van der Waals surface area contributed by atoms with Crippen LogP contribution in [0.5, 0.6) is 0 Å². The third-order valence-electron chi connectivity index (χ3n) is 5.83. The first-order valence-corrected chi connectivity index (χ1v) is 13.2. The molecule has 0 fully saturated rings. The molecule has 36 heavy (non-hydrogen) atoms. The summed E-state index contributed by atoms with van der Waals surface area (Å²) >= 11 is 6.13. The van der Waals surface area contributed by atoms with Crippen molar-refractivity contribution in [3.8, 4) is 0 Å². The molecule has 196 valence electrons. The van der Waals surface area contributed by atoms with Crippen molar-refractivity contribution in [3.63, 3.8) is 0 Å². The summed E-state index contributed by atoms with van der Waals surface area (Å²) in [6.07, 6.45) is 9.28. The van der Waals surface area contributed by atoms with Crippen LogP contribution in [0.2, 0.25) is 5.02 Å². The van der Waals surface area contributed by atoms with Gasteiger partial charge in [0.15, 0.2) is 5.82 Å². The second-order valence-electron chi connectivity index (χ2n) is 10.8. The minimum Gasteiger partial charge on any atom is -0.339 e. The molecule has 0 saturated carbocycles. The Morgan fingerprint density at radius 3 is 2.44 bits per heavy atom. The van der Waals surface area contributed by atoms with Gasteiger partial charge in [0.05, 0.1) is 0 Å². The van der Waals surface area contributed by atoms with Crippen molar-refractivity contribution in [2.45, 2.75) is 79.6 Å². The van der Waals surface area contributed by atoms with Crippen LogP contribution in [0.25, 0.3) is 0 Å². The Labute approximate surface area is 222 Å². The summed E-state index contributed by atoms with van der Waals surface area (Å²) in [6, 6.07) is 7.52. The van der Waals surface area contributed by atoms with Gasteiger partial charge in [-0.3, -0.25) is 4.79 Å². The van der Waals surface area contributed by atoms with Crippen LogP contribution in [0, 0.1) is 11.3 Å². The van der Waals surface area contributed by atoms with Gasteiger partial charge in [-0.1, -0.05) is 67.4 Å². The number of allylic oxidation sites excluding steroid dienone is 4. The fraction of sp³-hybridized carbons (Fsp3) is 0.500. The Morgan fingerprint density at radius 2 is 1.83 bits per heavy atom. The van der Waals surface area contributed by atoms with E-state index in [-0.39, 0.29) is 17.2 Å². The van der Waals surface area contributed by atoms with Gasteiger partial charge < -0.3 is 9.42 Å². The molecule has 0 aliphatic heterocycles. The average molecular weight is 512 g/mol. The molecule has 2 rings (SSSR count). The third-order valence-corrected chi connectivity index (χ3v) is 6.08. The fourth-order valence-corrected chi connectivity index (χ4v) is 4.13.